The molecule has 0 aliphatic carbocycles. The molecular formula is C13H19N3O3. The molecule has 6 heteroatoms. The first kappa shape index (κ1) is 15.1. The standard InChI is InChI=1S/C13H19N3O3/c1-2-3-4-12(14)13(17)15-9-10-5-7-11(8-6-10)16(18)19/h5-8,12H,2-4,9,14H2,1H3,(H,15,17)/t12-/m0/s1. The number of nitro groups is 1. The average molecular weight is 265 g/mol. The fraction of sp³-hybridized carbons (Fsp3) is 0.462. The van der Waals surface area contributed by atoms with E-state index in [1.54, 1.807) is 12.1 Å². The van der Waals surface area contributed by atoms with Gasteiger partial charge in [-0.2, -0.15) is 0 Å². The predicted molar refractivity (Wildman–Crippen MR) is 72.4 cm³/mol. The number of nitro benzene ring substituents is 1. The summed E-state index contributed by atoms with van der Waals surface area (Å²) in [4.78, 5) is 21.7. The Morgan fingerprint density at radius 1 is 1.42 bits per heavy atom. The molecule has 0 aromatic heterocycles. The Balaban J connectivity index is 2.43. The van der Waals surface area contributed by atoms with Crippen LogP contribution in [0.15, 0.2) is 24.3 Å². The van der Waals surface area contributed by atoms with Crippen LogP contribution in [0.5, 0.6) is 0 Å². The van der Waals surface area contributed by atoms with E-state index in [0.717, 1.165) is 18.4 Å². The highest BCUT2D eigenvalue weighted by molar-refractivity contribution is 5.81. The Morgan fingerprint density at radius 2 is 2.05 bits per heavy atom. The molecule has 0 spiro atoms. The number of nitrogens with two attached hydrogens (primary N) is 1. The number of hydrogen-bond acceptors (Lipinski definition) is 4. The molecule has 1 atom stereocenters. The summed E-state index contributed by atoms with van der Waals surface area (Å²) in [5.41, 5.74) is 6.57. The lowest BCUT2D eigenvalue weighted by Crippen LogP contribution is -2.40. The summed E-state index contributed by atoms with van der Waals surface area (Å²) in [7, 11) is 0. The second kappa shape index (κ2) is 7.48. The number of carbonyl (C=O) groups is 1. The van der Waals surface area contributed by atoms with Gasteiger partial charge in [-0.3, -0.25) is 14.9 Å². The Labute approximate surface area is 112 Å². The second-order valence-corrected chi connectivity index (χ2v) is 4.39. The van der Waals surface area contributed by atoms with Crippen molar-refractivity contribution < 1.29 is 9.72 Å². The molecule has 6 nitrogen and oxygen atoms in total. The molecule has 3 N–H and O–H groups in total. The fourth-order valence-electron chi connectivity index (χ4n) is 1.61. The smallest absolute Gasteiger partial charge is 0.269 e. The van der Waals surface area contributed by atoms with Gasteiger partial charge in [0, 0.05) is 18.7 Å². The fourth-order valence-corrected chi connectivity index (χ4v) is 1.61. The van der Waals surface area contributed by atoms with Crippen LogP contribution in [0.1, 0.15) is 31.7 Å². The van der Waals surface area contributed by atoms with E-state index in [4.69, 9.17) is 5.73 Å². The van der Waals surface area contributed by atoms with Gasteiger partial charge in [-0.05, 0) is 12.0 Å². The van der Waals surface area contributed by atoms with Crippen molar-refractivity contribution >= 4 is 11.6 Å². The van der Waals surface area contributed by atoms with Gasteiger partial charge in [0.25, 0.3) is 5.69 Å². The zero-order chi connectivity index (χ0) is 14.3. The molecule has 0 aliphatic rings. The van der Waals surface area contributed by atoms with Crippen LogP contribution >= 0.6 is 0 Å². The van der Waals surface area contributed by atoms with E-state index in [-0.39, 0.29) is 11.6 Å². The van der Waals surface area contributed by atoms with Crippen LogP contribution in [-0.4, -0.2) is 16.9 Å². The van der Waals surface area contributed by atoms with E-state index in [2.05, 4.69) is 5.32 Å². The van der Waals surface area contributed by atoms with E-state index in [0.29, 0.717) is 13.0 Å². The molecule has 1 aromatic carbocycles. The quantitative estimate of drug-likeness (QED) is 0.579. The molecule has 0 heterocycles. The maximum atomic E-state index is 11.7. The normalized spacial score (nSPS) is 11.9. The van der Waals surface area contributed by atoms with Crippen LogP contribution in [0.25, 0.3) is 0 Å². The largest absolute Gasteiger partial charge is 0.351 e. The van der Waals surface area contributed by atoms with E-state index in [1.165, 1.54) is 12.1 Å². The summed E-state index contributed by atoms with van der Waals surface area (Å²) in [6.45, 7) is 2.37. The summed E-state index contributed by atoms with van der Waals surface area (Å²) < 4.78 is 0. The molecule has 1 aromatic rings. The van der Waals surface area contributed by atoms with Crippen molar-refractivity contribution in [2.24, 2.45) is 5.73 Å². The predicted octanol–water partition coefficient (Wildman–Crippen LogP) is 1.73. The van der Waals surface area contributed by atoms with Gasteiger partial charge in [0.1, 0.15) is 0 Å². The van der Waals surface area contributed by atoms with E-state index >= 15 is 0 Å². The monoisotopic (exact) mass is 265 g/mol. The maximum Gasteiger partial charge on any atom is 0.269 e. The number of unbranched alkanes of at least 4 members (excludes halogenated alkanes) is 1. The van der Waals surface area contributed by atoms with Gasteiger partial charge in [-0.15, -0.1) is 0 Å². The van der Waals surface area contributed by atoms with Crippen molar-refractivity contribution in [3.05, 3.63) is 39.9 Å². The molecule has 0 unspecified atom stereocenters. The lowest BCUT2D eigenvalue weighted by Gasteiger charge is -2.11. The van der Waals surface area contributed by atoms with Crippen molar-refractivity contribution in [3.63, 3.8) is 0 Å². The molecule has 0 saturated heterocycles. The van der Waals surface area contributed by atoms with Gasteiger partial charge in [-0.1, -0.05) is 31.9 Å². The van der Waals surface area contributed by atoms with Crippen molar-refractivity contribution in [2.45, 2.75) is 38.8 Å². The van der Waals surface area contributed by atoms with Gasteiger partial charge in [0.15, 0.2) is 0 Å². The zero-order valence-electron chi connectivity index (χ0n) is 11.0. The Hall–Kier alpha value is -1.95. The summed E-state index contributed by atoms with van der Waals surface area (Å²) >= 11 is 0. The van der Waals surface area contributed by atoms with Gasteiger partial charge in [0.2, 0.25) is 5.91 Å². The number of carbonyl (C=O) groups excluding carboxylic acids is 1. The molecule has 104 valence electrons. The molecule has 1 amide bonds. The third kappa shape index (κ3) is 5.05. The highest BCUT2D eigenvalue weighted by Gasteiger charge is 2.12. The maximum absolute atomic E-state index is 11.7. The number of nitrogens with one attached hydrogen (secondary N) is 1. The molecule has 19 heavy (non-hydrogen) atoms. The third-order valence-electron chi connectivity index (χ3n) is 2.82. The number of non-ortho nitro benzene ring substituents is 1. The summed E-state index contributed by atoms with van der Waals surface area (Å²) in [5, 5.41) is 13.2. The summed E-state index contributed by atoms with van der Waals surface area (Å²) in [6, 6.07) is 5.58. The van der Waals surface area contributed by atoms with Crippen LogP contribution in [0.2, 0.25) is 0 Å². The Morgan fingerprint density at radius 3 is 2.58 bits per heavy atom. The van der Waals surface area contributed by atoms with Crippen molar-refractivity contribution in [1.82, 2.24) is 5.32 Å². The molecule has 0 saturated carbocycles. The van der Waals surface area contributed by atoms with Crippen molar-refractivity contribution in [3.8, 4) is 0 Å². The van der Waals surface area contributed by atoms with Gasteiger partial charge in [0.05, 0.1) is 11.0 Å². The van der Waals surface area contributed by atoms with Crippen LogP contribution in [0.4, 0.5) is 5.69 Å². The number of nitrogens with zero attached hydrogens (tertiary/aromatic N) is 1. The van der Waals surface area contributed by atoms with Crippen molar-refractivity contribution in [1.29, 1.82) is 0 Å². The Bertz CT molecular complexity index is 431. The minimum atomic E-state index is -0.488. The lowest BCUT2D eigenvalue weighted by atomic mass is 10.1. The summed E-state index contributed by atoms with van der Waals surface area (Å²) in [6.07, 6.45) is 2.60. The average Bonchev–Trinajstić information content (AvgIpc) is 2.42. The topological polar surface area (TPSA) is 98.3 Å². The molecule has 1 rings (SSSR count). The van der Waals surface area contributed by atoms with Crippen LogP contribution in [0, 0.1) is 10.1 Å². The molecule has 0 radical (unpaired) electrons. The highest BCUT2D eigenvalue weighted by atomic mass is 16.6. The molecule has 0 bridgehead atoms. The number of benzene rings is 1. The van der Waals surface area contributed by atoms with Gasteiger partial charge in [-0.25, -0.2) is 0 Å². The summed E-state index contributed by atoms with van der Waals surface area (Å²) in [5.74, 6) is -0.188. The van der Waals surface area contributed by atoms with E-state index in [9.17, 15) is 14.9 Å². The van der Waals surface area contributed by atoms with Crippen molar-refractivity contribution in [2.75, 3.05) is 0 Å². The number of rotatable bonds is 7. The highest BCUT2D eigenvalue weighted by Crippen LogP contribution is 2.11. The van der Waals surface area contributed by atoms with E-state index in [1.807, 2.05) is 6.92 Å². The molecule has 0 fully saturated rings. The van der Waals surface area contributed by atoms with Gasteiger partial charge >= 0.3 is 0 Å². The minimum Gasteiger partial charge on any atom is -0.351 e. The first-order chi connectivity index (χ1) is 9.04. The van der Waals surface area contributed by atoms with Crippen LogP contribution in [-0.2, 0) is 11.3 Å². The molecule has 0 aliphatic heterocycles. The SMILES string of the molecule is CCCC[C@H](N)C(=O)NCc1ccc([N+](=O)[O-])cc1. The van der Waals surface area contributed by atoms with Gasteiger partial charge < -0.3 is 11.1 Å². The zero-order valence-corrected chi connectivity index (χ0v) is 11.0. The number of amides is 1. The van der Waals surface area contributed by atoms with Crippen LogP contribution in [0.3, 0.4) is 0 Å². The number of hydrogen-bond donors (Lipinski definition) is 2. The Kier molecular flexibility index (Phi) is 5.95. The second-order valence-electron chi connectivity index (χ2n) is 4.39. The van der Waals surface area contributed by atoms with Crippen LogP contribution < -0.4 is 11.1 Å². The first-order valence-electron chi connectivity index (χ1n) is 6.31. The first-order valence-corrected chi connectivity index (χ1v) is 6.31. The van der Waals surface area contributed by atoms with E-state index < -0.39 is 11.0 Å². The minimum absolute atomic E-state index is 0.0368. The molecular weight excluding hydrogens is 246 g/mol. The lowest BCUT2D eigenvalue weighted by molar-refractivity contribution is -0.384. The third-order valence-corrected chi connectivity index (χ3v) is 2.82.